The molecule has 0 bridgehead atoms. The third-order valence-corrected chi connectivity index (χ3v) is 3.04. The van der Waals surface area contributed by atoms with Gasteiger partial charge in [-0.15, -0.1) is 0 Å². The molecule has 1 saturated carbocycles. The van der Waals surface area contributed by atoms with E-state index in [1.807, 2.05) is 6.07 Å². The van der Waals surface area contributed by atoms with Crippen molar-refractivity contribution in [1.82, 2.24) is 10.6 Å². The monoisotopic (exact) mass is 285 g/mol. The van der Waals surface area contributed by atoms with E-state index >= 15 is 0 Å². The normalized spacial score (nSPS) is 13.0. The molecular formula is C16H19N3O2. The largest absolute Gasteiger partial charge is 0.353 e. The lowest BCUT2D eigenvalue weighted by Crippen LogP contribution is -2.31. The quantitative estimate of drug-likeness (QED) is 0.684. The number of hydrogen-bond donors (Lipinski definition) is 3. The summed E-state index contributed by atoms with van der Waals surface area (Å²) in [6.45, 7) is 0.614. The molecule has 2 amide bonds. The van der Waals surface area contributed by atoms with Gasteiger partial charge in [-0.1, -0.05) is 17.9 Å². The lowest BCUT2D eigenvalue weighted by Gasteiger charge is -2.06. The summed E-state index contributed by atoms with van der Waals surface area (Å²) in [5.41, 5.74) is 6.60. The van der Waals surface area contributed by atoms with E-state index in [-0.39, 0.29) is 18.4 Å². The SMILES string of the molecule is NCC#Cc1cccc(C(=O)NCCC(=O)NC2CC2)c1. The van der Waals surface area contributed by atoms with Crippen molar-refractivity contribution in [2.75, 3.05) is 13.1 Å². The minimum absolute atomic E-state index is 0.0136. The minimum Gasteiger partial charge on any atom is -0.353 e. The van der Waals surface area contributed by atoms with Gasteiger partial charge in [0.05, 0.1) is 6.54 Å². The van der Waals surface area contributed by atoms with E-state index in [1.54, 1.807) is 18.2 Å². The Balaban J connectivity index is 1.80. The van der Waals surface area contributed by atoms with Crippen LogP contribution >= 0.6 is 0 Å². The Morgan fingerprint density at radius 2 is 2.14 bits per heavy atom. The van der Waals surface area contributed by atoms with Crippen molar-refractivity contribution in [3.8, 4) is 11.8 Å². The Hall–Kier alpha value is -2.32. The number of carbonyl (C=O) groups excluding carboxylic acids is 2. The van der Waals surface area contributed by atoms with Gasteiger partial charge in [0.2, 0.25) is 5.91 Å². The van der Waals surface area contributed by atoms with Crippen molar-refractivity contribution >= 4 is 11.8 Å². The van der Waals surface area contributed by atoms with Gasteiger partial charge in [0.15, 0.2) is 0 Å². The molecule has 1 fully saturated rings. The standard InChI is InChI=1S/C16H19N3O2/c17-9-2-4-12-3-1-5-13(11-12)16(21)18-10-8-15(20)19-14-6-7-14/h1,3,5,11,14H,6-10,17H2,(H,18,21)(H,19,20). The summed E-state index contributed by atoms with van der Waals surface area (Å²) in [7, 11) is 0. The van der Waals surface area contributed by atoms with Gasteiger partial charge in [-0.3, -0.25) is 9.59 Å². The Labute approximate surface area is 124 Å². The first-order chi connectivity index (χ1) is 10.2. The fourth-order valence-electron chi connectivity index (χ4n) is 1.81. The number of rotatable bonds is 5. The van der Waals surface area contributed by atoms with Crippen LogP contribution in [0.5, 0.6) is 0 Å². The molecule has 0 spiro atoms. The van der Waals surface area contributed by atoms with Crippen LogP contribution in [0.25, 0.3) is 0 Å². The van der Waals surface area contributed by atoms with Gasteiger partial charge in [0.1, 0.15) is 0 Å². The van der Waals surface area contributed by atoms with E-state index in [4.69, 9.17) is 5.73 Å². The molecule has 0 atom stereocenters. The van der Waals surface area contributed by atoms with E-state index < -0.39 is 0 Å². The predicted molar refractivity (Wildman–Crippen MR) is 80.5 cm³/mol. The number of nitrogens with two attached hydrogens (primary N) is 1. The molecule has 5 heteroatoms. The van der Waals surface area contributed by atoms with Crippen LogP contribution in [-0.2, 0) is 4.79 Å². The topological polar surface area (TPSA) is 84.2 Å². The second kappa shape index (κ2) is 7.46. The smallest absolute Gasteiger partial charge is 0.251 e. The molecular weight excluding hydrogens is 266 g/mol. The molecule has 1 aromatic carbocycles. The van der Waals surface area contributed by atoms with Crippen molar-refractivity contribution in [1.29, 1.82) is 0 Å². The highest BCUT2D eigenvalue weighted by Gasteiger charge is 2.22. The summed E-state index contributed by atoms with van der Waals surface area (Å²) in [5.74, 6) is 5.41. The number of nitrogens with one attached hydrogen (secondary N) is 2. The molecule has 0 radical (unpaired) electrons. The molecule has 110 valence electrons. The number of benzene rings is 1. The molecule has 21 heavy (non-hydrogen) atoms. The molecule has 0 unspecified atom stereocenters. The molecule has 5 nitrogen and oxygen atoms in total. The first-order valence-corrected chi connectivity index (χ1v) is 7.05. The number of amides is 2. The van der Waals surface area contributed by atoms with Crippen molar-refractivity contribution in [3.05, 3.63) is 35.4 Å². The van der Waals surface area contributed by atoms with Crippen LogP contribution in [0, 0.1) is 11.8 Å². The molecule has 0 aliphatic heterocycles. The summed E-state index contributed by atoms with van der Waals surface area (Å²) in [5, 5.41) is 5.61. The van der Waals surface area contributed by atoms with Crippen LogP contribution in [-0.4, -0.2) is 30.9 Å². The molecule has 0 heterocycles. The van der Waals surface area contributed by atoms with Crippen LogP contribution < -0.4 is 16.4 Å². The summed E-state index contributed by atoms with van der Waals surface area (Å²) < 4.78 is 0. The van der Waals surface area contributed by atoms with Gasteiger partial charge in [-0.25, -0.2) is 0 Å². The third-order valence-electron chi connectivity index (χ3n) is 3.04. The van der Waals surface area contributed by atoms with Crippen molar-refractivity contribution in [2.24, 2.45) is 5.73 Å². The Kier molecular flexibility index (Phi) is 5.35. The maximum atomic E-state index is 12.0. The summed E-state index contributed by atoms with van der Waals surface area (Å²) >= 11 is 0. The van der Waals surface area contributed by atoms with Gasteiger partial charge in [-0.2, -0.15) is 0 Å². The Bertz CT molecular complexity index is 583. The summed E-state index contributed by atoms with van der Waals surface area (Å²) in [4.78, 5) is 23.5. The Morgan fingerprint density at radius 3 is 2.86 bits per heavy atom. The van der Waals surface area contributed by atoms with E-state index in [1.165, 1.54) is 0 Å². The summed E-state index contributed by atoms with van der Waals surface area (Å²) in [6.07, 6.45) is 2.43. The van der Waals surface area contributed by atoms with Crippen LogP contribution in [0.1, 0.15) is 35.2 Å². The number of carbonyl (C=O) groups is 2. The van der Waals surface area contributed by atoms with Crippen LogP contribution in [0.15, 0.2) is 24.3 Å². The maximum Gasteiger partial charge on any atom is 0.251 e. The fraction of sp³-hybridized carbons (Fsp3) is 0.375. The minimum atomic E-state index is -0.203. The lowest BCUT2D eigenvalue weighted by atomic mass is 10.1. The van der Waals surface area contributed by atoms with Crippen LogP contribution in [0.4, 0.5) is 0 Å². The van der Waals surface area contributed by atoms with E-state index in [9.17, 15) is 9.59 Å². The lowest BCUT2D eigenvalue weighted by molar-refractivity contribution is -0.121. The molecule has 1 aliphatic rings. The van der Waals surface area contributed by atoms with Crippen molar-refractivity contribution in [3.63, 3.8) is 0 Å². The van der Waals surface area contributed by atoms with Crippen molar-refractivity contribution < 1.29 is 9.59 Å². The van der Waals surface area contributed by atoms with Crippen LogP contribution in [0.3, 0.4) is 0 Å². The first-order valence-electron chi connectivity index (χ1n) is 7.05. The zero-order valence-electron chi connectivity index (χ0n) is 11.8. The van der Waals surface area contributed by atoms with E-state index in [0.29, 0.717) is 24.6 Å². The third kappa shape index (κ3) is 5.28. The maximum absolute atomic E-state index is 12.0. The van der Waals surface area contributed by atoms with Gasteiger partial charge >= 0.3 is 0 Å². The molecule has 1 aliphatic carbocycles. The van der Waals surface area contributed by atoms with Gasteiger partial charge in [0.25, 0.3) is 5.91 Å². The average Bonchev–Trinajstić information content (AvgIpc) is 3.29. The van der Waals surface area contributed by atoms with E-state index in [0.717, 1.165) is 18.4 Å². The number of hydrogen-bond acceptors (Lipinski definition) is 3. The van der Waals surface area contributed by atoms with Crippen LogP contribution in [0.2, 0.25) is 0 Å². The highest BCUT2D eigenvalue weighted by Crippen LogP contribution is 2.18. The second-order valence-electron chi connectivity index (χ2n) is 4.93. The van der Waals surface area contributed by atoms with Gasteiger partial charge < -0.3 is 16.4 Å². The fourth-order valence-corrected chi connectivity index (χ4v) is 1.81. The van der Waals surface area contributed by atoms with E-state index in [2.05, 4.69) is 22.5 Å². The van der Waals surface area contributed by atoms with Gasteiger partial charge in [-0.05, 0) is 31.0 Å². The second-order valence-corrected chi connectivity index (χ2v) is 4.93. The van der Waals surface area contributed by atoms with Gasteiger partial charge in [0, 0.05) is 30.1 Å². The molecule has 0 aromatic heterocycles. The molecule has 2 rings (SSSR count). The zero-order chi connectivity index (χ0) is 15.1. The highest BCUT2D eigenvalue weighted by atomic mass is 16.2. The highest BCUT2D eigenvalue weighted by molar-refractivity contribution is 5.94. The molecule has 0 saturated heterocycles. The molecule has 1 aromatic rings. The zero-order valence-corrected chi connectivity index (χ0v) is 11.8. The van der Waals surface area contributed by atoms with Crippen molar-refractivity contribution in [2.45, 2.75) is 25.3 Å². The first kappa shape index (κ1) is 15.1. The average molecular weight is 285 g/mol. The predicted octanol–water partition coefficient (Wildman–Crippen LogP) is 0.395. The molecule has 4 N–H and O–H groups in total. The Morgan fingerprint density at radius 1 is 1.33 bits per heavy atom. The summed E-state index contributed by atoms with van der Waals surface area (Å²) in [6, 6.07) is 7.37.